The van der Waals surface area contributed by atoms with E-state index in [4.69, 9.17) is 0 Å². The number of hydrogen-bond acceptors (Lipinski definition) is 4. The zero-order chi connectivity index (χ0) is 17.0. The van der Waals surface area contributed by atoms with E-state index < -0.39 is 0 Å². The highest BCUT2D eigenvalue weighted by Gasteiger charge is 2.65. The molecule has 5 nitrogen and oxygen atoms in total. The van der Waals surface area contributed by atoms with E-state index >= 15 is 0 Å². The Bertz CT molecular complexity index is 1010. The molecular weight excluding hydrogens is 312 g/mol. The molecule has 1 N–H and O–H groups in total. The molecule has 2 aliphatic rings. The maximum Gasteiger partial charge on any atom is 0.229 e. The van der Waals surface area contributed by atoms with Gasteiger partial charge < -0.3 is 5.32 Å². The van der Waals surface area contributed by atoms with Crippen LogP contribution in [0.1, 0.15) is 24.8 Å². The van der Waals surface area contributed by atoms with E-state index in [9.17, 15) is 4.79 Å². The molecule has 2 saturated carbocycles. The van der Waals surface area contributed by atoms with Crippen molar-refractivity contribution in [1.82, 2.24) is 15.0 Å². The number of hydrogen-bond donors (Lipinski definition) is 1. The first kappa shape index (κ1) is 14.5. The van der Waals surface area contributed by atoms with Gasteiger partial charge >= 0.3 is 0 Å². The van der Waals surface area contributed by atoms with Crippen molar-refractivity contribution in [2.75, 3.05) is 5.32 Å². The molecule has 25 heavy (non-hydrogen) atoms. The number of nitrogens with one attached hydrogen (secondary N) is 1. The van der Waals surface area contributed by atoms with Crippen LogP contribution in [0.2, 0.25) is 0 Å². The molecule has 0 saturated heterocycles. The van der Waals surface area contributed by atoms with Gasteiger partial charge in [0.1, 0.15) is 5.82 Å². The predicted molar refractivity (Wildman–Crippen MR) is 95.9 cm³/mol. The van der Waals surface area contributed by atoms with Gasteiger partial charge in [-0.15, -0.1) is 0 Å². The zero-order valence-corrected chi connectivity index (χ0v) is 14.0. The lowest BCUT2D eigenvalue weighted by molar-refractivity contribution is -0.117. The summed E-state index contributed by atoms with van der Waals surface area (Å²) in [5.41, 5.74) is 3.40. The number of nitrogens with zero attached hydrogens (tertiary/aromatic N) is 3. The molecule has 0 radical (unpaired) electrons. The second kappa shape index (κ2) is 5.09. The number of carbonyl (C=O) groups is 1. The number of rotatable bonds is 3. The Morgan fingerprint density at radius 3 is 2.72 bits per heavy atom. The van der Waals surface area contributed by atoms with Crippen molar-refractivity contribution < 1.29 is 4.79 Å². The van der Waals surface area contributed by atoms with E-state index in [1.165, 1.54) is 12.8 Å². The van der Waals surface area contributed by atoms with Crippen LogP contribution < -0.4 is 5.32 Å². The largest absolute Gasteiger partial charge is 0.310 e. The van der Waals surface area contributed by atoms with E-state index in [2.05, 4.69) is 20.3 Å². The third-order valence-corrected chi connectivity index (χ3v) is 5.57. The molecule has 0 bridgehead atoms. The molecule has 124 valence electrons. The molecule has 3 aromatic rings. The second-order valence-corrected chi connectivity index (χ2v) is 7.29. The van der Waals surface area contributed by atoms with Gasteiger partial charge in [0.05, 0.1) is 5.69 Å². The van der Waals surface area contributed by atoms with Crippen LogP contribution >= 0.6 is 0 Å². The molecule has 5 rings (SSSR count). The first-order chi connectivity index (χ1) is 12.1. The molecule has 0 aliphatic heterocycles. The van der Waals surface area contributed by atoms with Crippen LogP contribution in [0, 0.1) is 18.3 Å². The highest BCUT2D eigenvalue weighted by molar-refractivity contribution is 5.96. The molecule has 0 aromatic carbocycles. The van der Waals surface area contributed by atoms with E-state index in [1.54, 1.807) is 12.4 Å². The molecule has 0 unspecified atom stereocenters. The van der Waals surface area contributed by atoms with Crippen LogP contribution in [0.25, 0.3) is 22.0 Å². The number of anilines is 1. The number of aromatic nitrogens is 3. The Labute approximate surface area is 145 Å². The molecule has 3 aromatic heterocycles. The van der Waals surface area contributed by atoms with E-state index in [1.807, 2.05) is 37.5 Å². The van der Waals surface area contributed by atoms with Crippen LogP contribution in [0.15, 0.2) is 43.0 Å². The minimum absolute atomic E-state index is 0.111. The fourth-order valence-electron chi connectivity index (χ4n) is 3.63. The highest BCUT2D eigenvalue weighted by atomic mass is 16.2. The van der Waals surface area contributed by atoms with Crippen LogP contribution in [0.3, 0.4) is 0 Å². The van der Waals surface area contributed by atoms with Crippen LogP contribution in [0.4, 0.5) is 5.82 Å². The number of amides is 1. The lowest BCUT2D eigenvalue weighted by Gasteiger charge is -2.08. The fourth-order valence-corrected chi connectivity index (χ4v) is 3.63. The normalized spacial score (nSPS) is 19.8. The number of fused-ring (bicyclic) bond motifs is 1. The van der Waals surface area contributed by atoms with E-state index in [0.717, 1.165) is 34.0 Å². The molecule has 1 amide bonds. The minimum Gasteiger partial charge on any atom is -0.310 e. The molecular formula is C20H18N4O. The quantitative estimate of drug-likeness (QED) is 0.794. The van der Waals surface area contributed by atoms with Gasteiger partial charge in [-0.25, -0.2) is 4.98 Å². The summed E-state index contributed by atoms with van der Waals surface area (Å²) in [6, 6.07) is 5.88. The van der Waals surface area contributed by atoms with Crippen LogP contribution in [-0.2, 0) is 4.79 Å². The third-order valence-electron chi connectivity index (χ3n) is 5.57. The highest BCUT2D eigenvalue weighted by Crippen LogP contribution is 2.70. The fraction of sp³-hybridized carbons (Fsp3) is 0.300. The Kier molecular flexibility index (Phi) is 2.95. The standard InChI is InChI=1S/C20H18N4O/c1-12-2-5-21-11-15(12)17-6-13-10-23-18(7-14(13)9-22-17)24-19(25)16-8-20(16)3-4-20/h2,5-7,9-11,16H,3-4,8H2,1H3,(H,23,24,25)/t16-/m1/s1. The Morgan fingerprint density at radius 2 is 1.96 bits per heavy atom. The summed E-state index contributed by atoms with van der Waals surface area (Å²) in [4.78, 5) is 25.4. The maximum absolute atomic E-state index is 12.3. The lowest BCUT2D eigenvalue weighted by atomic mass is 10.1. The topological polar surface area (TPSA) is 67.8 Å². The van der Waals surface area contributed by atoms with Crippen molar-refractivity contribution in [1.29, 1.82) is 0 Å². The summed E-state index contributed by atoms with van der Waals surface area (Å²) in [5.74, 6) is 0.909. The Hall–Kier alpha value is -2.82. The first-order valence-corrected chi connectivity index (χ1v) is 8.62. The number of aryl methyl sites for hydroxylation is 1. The minimum atomic E-state index is 0.111. The summed E-state index contributed by atoms with van der Waals surface area (Å²) >= 11 is 0. The molecule has 5 heteroatoms. The Morgan fingerprint density at radius 1 is 1.16 bits per heavy atom. The van der Waals surface area contributed by atoms with Gasteiger partial charge in [-0.1, -0.05) is 0 Å². The molecule has 3 heterocycles. The van der Waals surface area contributed by atoms with Crippen molar-refractivity contribution >= 4 is 22.5 Å². The van der Waals surface area contributed by atoms with Crippen molar-refractivity contribution in [3.8, 4) is 11.3 Å². The number of carbonyl (C=O) groups excluding carboxylic acids is 1. The van der Waals surface area contributed by atoms with Gasteiger partial charge in [0.2, 0.25) is 5.91 Å². The monoisotopic (exact) mass is 330 g/mol. The van der Waals surface area contributed by atoms with E-state index in [0.29, 0.717) is 11.2 Å². The van der Waals surface area contributed by atoms with Crippen LogP contribution in [0.5, 0.6) is 0 Å². The van der Waals surface area contributed by atoms with Crippen molar-refractivity contribution in [2.24, 2.45) is 11.3 Å². The average Bonchev–Trinajstić information content (AvgIpc) is 3.54. The SMILES string of the molecule is Cc1ccncc1-c1cc2cnc(NC(=O)[C@H]3CC34CC4)cc2cn1. The number of pyridine rings is 3. The summed E-state index contributed by atoms with van der Waals surface area (Å²) in [7, 11) is 0. The predicted octanol–water partition coefficient (Wildman–Crippen LogP) is 3.74. The van der Waals surface area contributed by atoms with Crippen molar-refractivity contribution in [3.63, 3.8) is 0 Å². The summed E-state index contributed by atoms with van der Waals surface area (Å²) in [6.07, 6.45) is 10.7. The zero-order valence-electron chi connectivity index (χ0n) is 14.0. The first-order valence-electron chi connectivity index (χ1n) is 8.62. The van der Waals surface area contributed by atoms with Gasteiger partial charge in [-0.3, -0.25) is 14.8 Å². The van der Waals surface area contributed by atoms with Crippen LogP contribution in [-0.4, -0.2) is 20.9 Å². The summed E-state index contributed by atoms with van der Waals surface area (Å²) in [6.45, 7) is 2.05. The molecule has 1 atom stereocenters. The smallest absolute Gasteiger partial charge is 0.229 e. The third kappa shape index (κ3) is 2.47. The summed E-state index contributed by atoms with van der Waals surface area (Å²) in [5, 5.41) is 4.92. The van der Waals surface area contributed by atoms with Gasteiger partial charge in [-0.2, -0.15) is 0 Å². The lowest BCUT2D eigenvalue weighted by Crippen LogP contribution is -2.15. The van der Waals surface area contributed by atoms with Gasteiger partial charge in [-0.05, 0) is 55.4 Å². The second-order valence-electron chi connectivity index (χ2n) is 7.29. The van der Waals surface area contributed by atoms with Gasteiger partial charge in [0.15, 0.2) is 0 Å². The maximum atomic E-state index is 12.3. The van der Waals surface area contributed by atoms with Gasteiger partial charge in [0.25, 0.3) is 0 Å². The molecule has 2 aliphatic carbocycles. The molecule has 2 fully saturated rings. The average molecular weight is 330 g/mol. The Balaban J connectivity index is 1.42. The summed E-state index contributed by atoms with van der Waals surface area (Å²) < 4.78 is 0. The van der Waals surface area contributed by atoms with Crippen molar-refractivity contribution in [3.05, 3.63) is 48.5 Å². The van der Waals surface area contributed by atoms with Gasteiger partial charge in [0, 0.05) is 47.0 Å². The molecule has 1 spiro atoms. The van der Waals surface area contributed by atoms with E-state index in [-0.39, 0.29) is 11.8 Å². The van der Waals surface area contributed by atoms with Crippen molar-refractivity contribution in [2.45, 2.75) is 26.2 Å².